The van der Waals surface area contributed by atoms with E-state index in [4.69, 9.17) is 21.8 Å². The SMILES string of the molecule is Nc1cc(C(F)(F)F)cnc1Cc1cc2oc(-c3nn[nH]n3)cc2cc1Cl. The second-order valence-electron chi connectivity index (χ2n) is 5.76. The summed E-state index contributed by atoms with van der Waals surface area (Å²) in [5.41, 5.74) is 6.19. The molecule has 11 heteroatoms. The van der Waals surface area contributed by atoms with Crippen LogP contribution in [0.15, 0.2) is 34.9 Å². The van der Waals surface area contributed by atoms with Crippen molar-refractivity contribution >= 4 is 28.3 Å². The summed E-state index contributed by atoms with van der Waals surface area (Å²) in [6.45, 7) is 0. The van der Waals surface area contributed by atoms with E-state index in [9.17, 15) is 13.2 Å². The van der Waals surface area contributed by atoms with Crippen molar-refractivity contribution in [1.29, 1.82) is 0 Å². The fraction of sp³-hybridized carbons (Fsp3) is 0.125. The summed E-state index contributed by atoms with van der Waals surface area (Å²) in [5.74, 6) is 0.691. The first kappa shape index (κ1) is 17.3. The topological polar surface area (TPSA) is 107 Å². The third-order valence-corrected chi connectivity index (χ3v) is 4.29. The quantitative estimate of drug-likeness (QED) is 0.546. The number of furan rings is 1. The predicted molar refractivity (Wildman–Crippen MR) is 90.9 cm³/mol. The van der Waals surface area contributed by atoms with Gasteiger partial charge in [-0.1, -0.05) is 11.6 Å². The van der Waals surface area contributed by atoms with E-state index < -0.39 is 11.7 Å². The van der Waals surface area contributed by atoms with Crippen LogP contribution in [0.5, 0.6) is 0 Å². The fourth-order valence-corrected chi connectivity index (χ4v) is 2.85. The van der Waals surface area contributed by atoms with Crippen molar-refractivity contribution < 1.29 is 17.6 Å². The standard InChI is InChI=1S/C16H10ClF3N6O/c17-10-1-8-4-14(15-23-25-26-24-15)27-13(8)3-7(10)2-12-11(21)5-9(6-22-12)16(18,19)20/h1,3-6H,2,21H2,(H,23,24,25,26). The molecule has 4 aromatic rings. The van der Waals surface area contributed by atoms with E-state index in [0.29, 0.717) is 21.9 Å². The van der Waals surface area contributed by atoms with Crippen LogP contribution in [0, 0.1) is 0 Å². The Morgan fingerprint density at radius 1 is 1.19 bits per heavy atom. The summed E-state index contributed by atoms with van der Waals surface area (Å²) in [4.78, 5) is 3.84. The summed E-state index contributed by atoms with van der Waals surface area (Å²) >= 11 is 6.30. The van der Waals surface area contributed by atoms with E-state index in [2.05, 4.69) is 25.6 Å². The van der Waals surface area contributed by atoms with Gasteiger partial charge in [0.15, 0.2) is 5.76 Å². The third-order valence-electron chi connectivity index (χ3n) is 3.94. The maximum absolute atomic E-state index is 12.7. The molecule has 0 radical (unpaired) electrons. The molecule has 0 bridgehead atoms. The number of nitrogens with one attached hydrogen (secondary N) is 1. The normalized spacial score (nSPS) is 12.0. The summed E-state index contributed by atoms with van der Waals surface area (Å²) < 4.78 is 43.9. The highest BCUT2D eigenvalue weighted by molar-refractivity contribution is 6.32. The van der Waals surface area contributed by atoms with E-state index in [1.54, 1.807) is 18.2 Å². The lowest BCUT2D eigenvalue weighted by atomic mass is 10.1. The smallest absolute Gasteiger partial charge is 0.417 e. The summed E-state index contributed by atoms with van der Waals surface area (Å²) in [6.07, 6.45) is -3.60. The number of alkyl halides is 3. The largest absolute Gasteiger partial charge is 0.453 e. The number of aromatic amines is 1. The molecule has 0 aliphatic carbocycles. The van der Waals surface area contributed by atoms with Gasteiger partial charge in [-0.2, -0.15) is 18.4 Å². The minimum absolute atomic E-state index is 0.0621. The Bertz CT molecular complexity index is 1120. The second kappa shape index (κ2) is 6.23. The first-order valence-corrected chi connectivity index (χ1v) is 7.96. The second-order valence-corrected chi connectivity index (χ2v) is 6.17. The number of aromatic nitrogens is 5. The molecule has 27 heavy (non-hydrogen) atoms. The summed E-state index contributed by atoms with van der Waals surface area (Å²) in [7, 11) is 0. The Morgan fingerprint density at radius 3 is 2.67 bits per heavy atom. The molecule has 1 aromatic carbocycles. The van der Waals surface area contributed by atoms with Crippen molar-refractivity contribution in [2.24, 2.45) is 0 Å². The van der Waals surface area contributed by atoms with E-state index in [0.717, 1.165) is 17.6 Å². The van der Waals surface area contributed by atoms with Crippen LogP contribution in [0.25, 0.3) is 22.6 Å². The van der Waals surface area contributed by atoms with Gasteiger partial charge >= 0.3 is 6.18 Å². The number of hydrogen-bond donors (Lipinski definition) is 2. The molecule has 3 N–H and O–H groups in total. The van der Waals surface area contributed by atoms with Crippen LogP contribution in [-0.4, -0.2) is 25.6 Å². The Kier molecular flexibility index (Phi) is 3.99. The van der Waals surface area contributed by atoms with Crippen molar-refractivity contribution in [1.82, 2.24) is 25.6 Å². The zero-order valence-electron chi connectivity index (χ0n) is 13.4. The van der Waals surface area contributed by atoms with Crippen molar-refractivity contribution in [3.8, 4) is 11.6 Å². The number of fused-ring (bicyclic) bond motifs is 1. The van der Waals surface area contributed by atoms with Gasteiger partial charge in [-0.25, -0.2) is 0 Å². The van der Waals surface area contributed by atoms with Gasteiger partial charge in [0.1, 0.15) is 5.58 Å². The lowest BCUT2D eigenvalue weighted by Crippen LogP contribution is -2.09. The highest BCUT2D eigenvalue weighted by Gasteiger charge is 2.31. The zero-order valence-corrected chi connectivity index (χ0v) is 14.1. The Balaban J connectivity index is 1.69. The number of halogens is 4. The number of nitrogen functional groups attached to an aromatic ring is 1. The van der Waals surface area contributed by atoms with Crippen molar-refractivity contribution in [2.75, 3.05) is 5.73 Å². The molecule has 0 aliphatic rings. The van der Waals surface area contributed by atoms with Gasteiger partial charge in [0.05, 0.1) is 16.9 Å². The van der Waals surface area contributed by atoms with Crippen molar-refractivity contribution in [3.63, 3.8) is 0 Å². The molecule has 0 saturated carbocycles. The lowest BCUT2D eigenvalue weighted by Gasteiger charge is -2.10. The molecule has 0 spiro atoms. The van der Waals surface area contributed by atoms with Gasteiger partial charge < -0.3 is 10.2 Å². The first-order chi connectivity index (χ1) is 12.8. The van der Waals surface area contributed by atoms with Crippen molar-refractivity contribution in [2.45, 2.75) is 12.6 Å². The summed E-state index contributed by atoms with van der Waals surface area (Å²) in [5, 5.41) is 14.6. The number of benzene rings is 1. The van der Waals surface area contributed by atoms with E-state index >= 15 is 0 Å². The molecule has 0 aliphatic heterocycles. The molecule has 138 valence electrons. The number of anilines is 1. The molecule has 4 rings (SSSR count). The van der Waals surface area contributed by atoms with Crippen LogP contribution < -0.4 is 5.73 Å². The number of H-pyrrole nitrogens is 1. The van der Waals surface area contributed by atoms with Gasteiger partial charge in [0.25, 0.3) is 0 Å². The van der Waals surface area contributed by atoms with Crippen LogP contribution in [-0.2, 0) is 12.6 Å². The van der Waals surface area contributed by atoms with Gasteiger partial charge in [-0.15, -0.1) is 10.2 Å². The average molecular weight is 395 g/mol. The highest BCUT2D eigenvalue weighted by atomic mass is 35.5. The Hall–Kier alpha value is -3.14. The molecular formula is C16H10ClF3N6O. The molecule has 0 amide bonds. The first-order valence-electron chi connectivity index (χ1n) is 7.58. The monoisotopic (exact) mass is 394 g/mol. The van der Waals surface area contributed by atoms with E-state index in [-0.39, 0.29) is 23.6 Å². The van der Waals surface area contributed by atoms with Crippen molar-refractivity contribution in [3.05, 3.63) is 52.3 Å². The van der Waals surface area contributed by atoms with Crippen LogP contribution in [0.1, 0.15) is 16.8 Å². The number of tetrazole rings is 1. The van der Waals surface area contributed by atoms with Crippen LogP contribution in [0.3, 0.4) is 0 Å². The average Bonchev–Trinajstić information content (AvgIpc) is 3.25. The maximum atomic E-state index is 12.7. The molecular weight excluding hydrogens is 385 g/mol. The van der Waals surface area contributed by atoms with Crippen LogP contribution >= 0.6 is 11.6 Å². The molecule has 0 fully saturated rings. The number of nitrogens with zero attached hydrogens (tertiary/aromatic N) is 4. The van der Waals surface area contributed by atoms with Gasteiger partial charge in [0, 0.05) is 23.0 Å². The minimum atomic E-state index is -4.50. The van der Waals surface area contributed by atoms with Gasteiger partial charge in [0.2, 0.25) is 5.82 Å². The Labute approximate surface area is 154 Å². The molecule has 0 atom stereocenters. The highest BCUT2D eigenvalue weighted by Crippen LogP contribution is 2.33. The number of pyridine rings is 1. The number of hydrogen-bond acceptors (Lipinski definition) is 6. The number of rotatable bonds is 3. The predicted octanol–water partition coefficient (Wildman–Crippen LogP) is 3.85. The minimum Gasteiger partial charge on any atom is -0.453 e. The van der Waals surface area contributed by atoms with E-state index in [1.165, 1.54) is 0 Å². The van der Waals surface area contributed by atoms with Gasteiger partial charge in [-0.05, 0) is 35.0 Å². The molecule has 7 nitrogen and oxygen atoms in total. The zero-order chi connectivity index (χ0) is 19.2. The van der Waals surface area contributed by atoms with Gasteiger partial charge in [-0.3, -0.25) is 4.98 Å². The van der Waals surface area contributed by atoms with E-state index in [1.807, 2.05) is 0 Å². The fourth-order valence-electron chi connectivity index (χ4n) is 2.61. The molecule has 3 aromatic heterocycles. The molecule has 3 heterocycles. The lowest BCUT2D eigenvalue weighted by molar-refractivity contribution is -0.137. The number of nitrogens with two attached hydrogens (primary N) is 1. The maximum Gasteiger partial charge on any atom is 0.417 e. The summed E-state index contributed by atoms with van der Waals surface area (Å²) in [6, 6.07) is 5.93. The third kappa shape index (κ3) is 3.31. The molecule has 0 saturated heterocycles. The molecule has 0 unspecified atom stereocenters. The Morgan fingerprint density at radius 2 is 2.00 bits per heavy atom. The van der Waals surface area contributed by atoms with Crippen LogP contribution in [0.4, 0.5) is 18.9 Å². The van der Waals surface area contributed by atoms with Crippen LogP contribution in [0.2, 0.25) is 5.02 Å².